The molecule has 0 atom stereocenters. The van der Waals surface area contributed by atoms with Gasteiger partial charge < -0.3 is 49.8 Å². The molecular weight excluding hydrogens is 290 g/mol. The number of rotatable bonds is 3. The Balaban J connectivity index is -0.000000165. The Labute approximate surface area is 126 Å². The van der Waals surface area contributed by atoms with Crippen molar-refractivity contribution in [3.05, 3.63) is 0 Å². The van der Waals surface area contributed by atoms with Gasteiger partial charge in [0.25, 0.3) is 0 Å². The standard InChI is InChI=1S/C3H3BO9.CH2O3.Na.H2O/c5-1(6)11-4(12-2(7)8)13-3(9)10;2-1(3)4;;/h(H,5,6)(H,7,8)(H,9,10);(H2,2,3,4);;1H2/q;;+1;/p-1. The van der Waals surface area contributed by atoms with Gasteiger partial charge in [0, 0.05) is 0 Å². The first-order valence-corrected chi connectivity index (χ1v) is 3.23. The molecule has 15 heteroatoms. The number of hydrogen-bond acceptors (Lipinski definition) is 8. The van der Waals surface area contributed by atoms with Crippen LogP contribution in [-0.2, 0) is 14.0 Å². The summed E-state index contributed by atoms with van der Waals surface area (Å²) in [7, 11) is -2.34. The Morgan fingerprint density at radius 2 is 0.947 bits per heavy atom. The van der Waals surface area contributed by atoms with Crippen LogP contribution in [0.4, 0.5) is 19.2 Å². The van der Waals surface area contributed by atoms with Crippen molar-refractivity contribution in [1.82, 2.24) is 0 Å². The number of carbonyl (C=O) groups is 4. The van der Waals surface area contributed by atoms with Crippen molar-refractivity contribution in [3.63, 3.8) is 0 Å². The molecule has 19 heavy (non-hydrogen) atoms. The van der Waals surface area contributed by atoms with Gasteiger partial charge in [-0.25, -0.2) is 14.4 Å². The van der Waals surface area contributed by atoms with Crippen LogP contribution in [-0.4, -0.2) is 57.8 Å². The second-order valence-corrected chi connectivity index (χ2v) is 1.71. The van der Waals surface area contributed by atoms with E-state index in [0.29, 0.717) is 0 Å². The topological polar surface area (TPSA) is 231 Å². The molecule has 6 N–H and O–H groups in total. The Morgan fingerprint density at radius 1 is 0.789 bits per heavy atom. The summed E-state index contributed by atoms with van der Waals surface area (Å²) in [6.45, 7) is 0. The summed E-state index contributed by atoms with van der Waals surface area (Å²) in [6.07, 6.45) is -7.90. The van der Waals surface area contributed by atoms with Gasteiger partial charge in [0.05, 0.1) is 0 Å². The molecule has 0 aromatic carbocycles. The van der Waals surface area contributed by atoms with Gasteiger partial charge >= 0.3 is 55.3 Å². The van der Waals surface area contributed by atoms with E-state index >= 15 is 0 Å². The minimum atomic E-state index is -2.34. The third-order valence-corrected chi connectivity index (χ3v) is 0.591. The normalized spacial score (nSPS) is 6.95. The third-order valence-electron chi connectivity index (χ3n) is 0.591. The van der Waals surface area contributed by atoms with Gasteiger partial charge in [-0.3, -0.25) is 0 Å². The predicted octanol–water partition coefficient (Wildman–Crippen LogP) is -4.88. The summed E-state index contributed by atoms with van der Waals surface area (Å²) in [6, 6.07) is 0. The monoisotopic (exact) mass is 296 g/mol. The Bertz CT molecular complexity index is 261. The van der Waals surface area contributed by atoms with Gasteiger partial charge in [-0.15, -0.1) is 0 Å². The minimum absolute atomic E-state index is 0. The van der Waals surface area contributed by atoms with Gasteiger partial charge in [0.2, 0.25) is 6.16 Å². The molecule has 0 aromatic rings. The molecule has 0 saturated heterocycles. The van der Waals surface area contributed by atoms with Gasteiger partial charge in [-0.05, 0) is 0 Å². The van der Waals surface area contributed by atoms with Gasteiger partial charge in [-0.2, -0.15) is 0 Å². The number of hydrogen-bond donors (Lipinski definition) is 4. The molecule has 0 unspecified atom stereocenters. The van der Waals surface area contributed by atoms with Crippen LogP contribution in [0.2, 0.25) is 0 Å². The molecule has 0 rings (SSSR count). The van der Waals surface area contributed by atoms with Crippen molar-refractivity contribution in [2.75, 3.05) is 0 Å². The first-order chi connectivity index (χ1) is 7.65. The zero-order valence-corrected chi connectivity index (χ0v) is 11.1. The largest absolute Gasteiger partial charge is 1.00 e. The van der Waals surface area contributed by atoms with Crippen molar-refractivity contribution in [3.8, 4) is 0 Å². The van der Waals surface area contributed by atoms with Crippen molar-refractivity contribution in [2.45, 2.75) is 0 Å². The smallest absolute Gasteiger partial charge is 0.565 e. The van der Waals surface area contributed by atoms with Crippen molar-refractivity contribution in [1.29, 1.82) is 0 Å². The maximum atomic E-state index is 9.80. The summed E-state index contributed by atoms with van der Waals surface area (Å²) >= 11 is 0. The second-order valence-electron chi connectivity index (χ2n) is 1.71. The average molecular weight is 296 g/mol. The Kier molecular flexibility index (Phi) is 19.3. The summed E-state index contributed by atoms with van der Waals surface area (Å²) in [5.41, 5.74) is 0. The van der Waals surface area contributed by atoms with E-state index in [0.717, 1.165) is 0 Å². The zero-order chi connectivity index (χ0) is 14.0. The fraction of sp³-hybridized carbons (Fsp3) is 0. The summed E-state index contributed by atoms with van der Waals surface area (Å²) in [5.74, 6) is 0. The first-order valence-electron chi connectivity index (χ1n) is 3.23. The molecular formula is C4H6BNaO13. The second kappa shape index (κ2) is 14.2. The van der Waals surface area contributed by atoms with E-state index in [1.807, 2.05) is 0 Å². The molecule has 0 aliphatic rings. The molecule has 0 radical (unpaired) electrons. The molecule has 0 aromatic heterocycles. The van der Waals surface area contributed by atoms with Crippen LogP contribution in [0.5, 0.6) is 0 Å². The van der Waals surface area contributed by atoms with E-state index in [1.54, 1.807) is 0 Å². The van der Waals surface area contributed by atoms with Crippen LogP contribution in [0.3, 0.4) is 0 Å². The fourth-order valence-electron chi connectivity index (χ4n) is 0.319. The van der Waals surface area contributed by atoms with Crippen LogP contribution < -0.4 is 34.7 Å². The molecule has 104 valence electrons. The molecule has 0 aliphatic heterocycles. The first kappa shape index (κ1) is 25.8. The maximum Gasteiger partial charge on any atom is 1.00 e. The van der Waals surface area contributed by atoms with Gasteiger partial charge in [0.15, 0.2) is 0 Å². The molecule has 0 amide bonds. The Hall–Kier alpha value is -1.90. The molecule has 0 spiro atoms. The van der Waals surface area contributed by atoms with Crippen molar-refractivity contribution in [2.24, 2.45) is 0 Å². The quantitative estimate of drug-likeness (QED) is 0.359. The zero-order valence-electron chi connectivity index (χ0n) is 9.13. The third kappa shape index (κ3) is 31.4. The molecule has 0 aliphatic carbocycles. The minimum Gasteiger partial charge on any atom is -0.565 e. The summed E-state index contributed by atoms with van der Waals surface area (Å²) in [4.78, 5) is 37.9. The molecule has 0 bridgehead atoms. The van der Waals surface area contributed by atoms with E-state index in [1.165, 1.54) is 0 Å². The van der Waals surface area contributed by atoms with Crippen LogP contribution >= 0.6 is 0 Å². The van der Waals surface area contributed by atoms with Crippen LogP contribution in [0, 0.1) is 0 Å². The van der Waals surface area contributed by atoms with Crippen LogP contribution in [0.25, 0.3) is 0 Å². The summed E-state index contributed by atoms with van der Waals surface area (Å²) < 4.78 is 10.7. The van der Waals surface area contributed by atoms with Crippen molar-refractivity contribution < 1.29 is 93.7 Å². The summed E-state index contributed by atoms with van der Waals surface area (Å²) in [5, 5.41) is 39.1. The van der Waals surface area contributed by atoms with E-state index in [4.69, 9.17) is 30.3 Å². The molecule has 0 fully saturated rings. The molecule has 0 saturated carbocycles. The van der Waals surface area contributed by atoms with Crippen molar-refractivity contribution >= 4 is 31.9 Å². The van der Waals surface area contributed by atoms with Crippen LogP contribution in [0.1, 0.15) is 0 Å². The van der Waals surface area contributed by atoms with Crippen LogP contribution in [0.15, 0.2) is 0 Å². The van der Waals surface area contributed by atoms with E-state index in [-0.39, 0.29) is 35.0 Å². The van der Waals surface area contributed by atoms with Gasteiger partial charge in [-0.1, -0.05) is 0 Å². The van der Waals surface area contributed by atoms with Gasteiger partial charge in [0.1, 0.15) is 0 Å². The molecule has 13 nitrogen and oxygen atoms in total. The molecule has 0 heterocycles. The maximum absolute atomic E-state index is 9.80. The van der Waals surface area contributed by atoms with E-state index in [9.17, 15) is 14.4 Å². The Morgan fingerprint density at radius 3 is 1.05 bits per heavy atom. The average Bonchev–Trinajstić information content (AvgIpc) is 1.96. The van der Waals surface area contributed by atoms with E-state index in [2.05, 4.69) is 14.0 Å². The predicted molar refractivity (Wildman–Crippen MR) is 44.7 cm³/mol. The number of carboxylic acid groups (broad SMARTS) is 5. The SMILES string of the molecule is O.O=C(O)OB(OC(=O)O)OC(=O)O.O=C([O-])O.[Na+]. The fourth-order valence-corrected chi connectivity index (χ4v) is 0.319. The van der Waals surface area contributed by atoms with E-state index < -0.39 is 31.9 Å².